The first-order chi connectivity index (χ1) is 28.9. The Morgan fingerprint density at radius 3 is 2.00 bits per heavy atom. The van der Waals surface area contributed by atoms with Gasteiger partial charge in [0.05, 0.1) is 48.7 Å². The van der Waals surface area contributed by atoms with E-state index in [2.05, 4.69) is 17.6 Å². The van der Waals surface area contributed by atoms with Crippen LogP contribution in [0.25, 0.3) is 0 Å². The average molecular weight is 850 g/mol. The van der Waals surface area contributed by atoms with Crippen LogP contribution < -0.4 is 15.4 Å². The number of ether oxygens (including phenoxy) is 3. The maximum absolute atomic E-state index is 14.4. The van der Waals surface area contributed by atoms with E-state index in [0.717, 1.165) is 18.4 Å². The van der Waals surface area contributed by atoms with E-state index in [-0.39, 0.29) is 72.3 Å². The number of likely N-dealkylation sites (N-methyl/N-ethyl adjacent to an activating group) is 2. The SMILES string of the molecule is CC[C@H](C)[C@@H](C(CC(=O)N1CCC[C@H]1[C@H](OC)[C@@H](C)C(=O)N[C@H](COc1ccc(C(C)=O)cc1)Cc1ccccc1)OC)N(C)C(=O)[C@@H](NC(=O)[C@H](C(C)C)N(C)C)C(C)C. The largest absolute Gasteiger partial charge is 0.491 e. The lowest BCUT2D eigenvalue weighted by atomic mass is 9.89. The van der Waals surface area contributed by atoms with Crippen LogP contribution in [-0.2, 0) is 35.1 Å². The van der Waals surface area contributed by atoms with E-state index < -0.39 is 36.3 Å². The van der Waals surface area contributed by atoms with Gasteiger partial charge in [0.25, 0.3) is 0 Å². The van der Waals surface area contributed by atoms with Gasteiger partial charge in [0.1, 0.15) is 18.4 Å². The Hall–Kier alpha value is -4.33. The summed E-state index contributed by atoms with van der Waals surface area (Å²) in [5.41, 5.74) is 1.63. The maximum atomic E-state index is 14.4. The number of Topliss-reactive ketones (excluding diaryl/α,β-unsaturated/α-hetero) is 1. The summed E-state index contributed by atoms with van der Waals surface area (Å²) in [6.45, 7) is 16.0. The van der Waals surface area contributed by atoms with Crippen molar-refractivity contribution in [2.45, 2.75) is 130 Å². The van der Waals surface area contributed by atoms with Gasteiger partial charge in [0, 0.05) is 33.4 Å². The summed E-state index contributed by atoms with van der Waals surface area (Å²) in [6.07, 6.45) is 1.48. The fraction of sp³-hybridized carbons (Fsp3) is 0.646. The molecule has 0 aliphatic carbocycles. The van der Waals surface area contributed by atoms with E-state index in [0.29, 0.717) is 30.7 Å². The van der Waals surface area contributed by atoms with Crippen molar-refractivity contribution in [2.75, 3.05) is 48.5 Å². The lowest BCUT2D eigenvalue weighted by molar-refractivity contribution is -0.148. The van der Waals surface area contributed by atoms with Crippen LogP contribution in [0.4, 0.5) is 0 Å². The van der Waals surface area contributed by atoms with Crippen molar-refractivity contribution in [2.24, 2.45) is 23.7 Å². The van der Waals surface area contributed by atoms with Gasteiger partial charge < -0.3 is 34.6 Å². The van der Waals surface area contributed by atoms with Crippen LogP contribution >= 0.6 is 0 Å². The van der Waals surface area contributed by atoms with Crippen LogP contribution in [0.2, 0.25) is 0 Å². The van der Waals surface area contributed by atoms with Gasteiger partial charge in [-0.15, -0.1) is 0 Å². The van der Waals surface area contributed by atoms with Crippen molar-refractivity contribution in [1.82, 2.24) is 25.3 Å². The van der Waals surface area contributed by atoms with E-state index in [9.17, 15) is 24.0 Å². The highest BCUT2D eigenvalue weighted by atomic mass is 16.5. The average Bonchev–Trinajstić information content (AvgIpc) is 3.71. The second kappa shape index (κ2) is 24.3. The predicted molar refractivity (Wildman–Crippen MR) is 239 cm³/mol. The standard InChI is InChI=1S/C48H75N5O8/c1-14-32(6)44(52(11)48(58)42(30(2)3)50-47(57)43(31(4)5)51(9)10)40(59-12)28-41(55)53-26-18-21-39(53)45(60-13)33(7)46(56)49-37(27-35-19-16-15-17-20-35)29-61-38-24-22-36(23-25-38)34(8)54/h15-17,19-20,22-25,30-33,37,39-40,42-45H,14,18,21,26-29H2,1-13H3,(H,49,56)(H,50,57)/t32-,33+,37-,39-,40?,42-,43-,44-,45+/m0/s1. The molecule has 4 amide bonds. The molecule has 1 heterocycles. The minimum Gasteiger partial charge on any atom is -0.491 e. The van der Waals surface area contributed by atoms with Crippen LogP contribution in [-0.4, -0.2) is 135 Å². The first-order valence-corrected chi connectivity index (χ1v) is 22.0. The number of hydrogen-bond donors (Lipinski definition) is 2. The second-order valence-corrected chi connectivity index (χ2v) is 17.8. The Morgan fingerprint density at radius 2 is 1.48 bits per heavy atom. The zero-order chi connectivity index (χ0) is 45.6. The highest BCUT2D eigenvalue weighted by Crippen LogP contribution is 2.30. The summed E-state index contributed by atoms with van der Waals surface area (Å²) < 4.78 is 18.2. The second-order valence-electron chi connectivity index (χ2n) is 17.8. The van der Waals surface area contributed by atoms with Crippen molar-refractivity contribution in [3.05, 3.63) is 65.7 Å². The molecule has 2 aromatic rings. The van der Waals surface area contributed by atoms with Gasteiger partial charge in [0.2, 0.25) is 23.6 Å². The number of likely N-dealkylation sites (tertiary alicyclic amines) is 1. The van der Waals surface area contributed by atoms with Crippen LogP contribution in [0.1, 0.15) is 97.0 Å². The third-order valence-electron chi connectivity index (χ3n) is 12.3. The van der Waals surface area contributed by atoms with Crippen molar-refractivity contribution < 1.29 is 38.2 Å². The van der Waals surface area contributed by atoms with Crippen LogP contribution in [0.3, 0.4) is 0 Å². The monoisotopic (exact) mass is 850 g/mol. The molecule has 1 aliphatic rings. The molecule has 340 valence electrons. The smallest absolute Gasteiger partial charge is 0.245 e. The number of benzene rings is 2. The molecule has 0 bridgehead atoms. The van der Waals surface area contributed by atoms with Crippen LogP contribution in [0, 0.1) is 23.7 Å². The molecule has 13 nitrogen and oxygen atoms in total. The van der Waals surface area contributed by atoms with E-state index >= 15 is 0 Å². The summed E-state index contributed by atoms with van der Waals surface area (Å²) in [4.78, 5) is 73.4. The Bertz CT molecular complexity index is 1700. The van der Waals surface area contributed by atoms with Crippen molar-refractivity contribution in [3.8, 4) is 5.75 Å². The predicted octanol–water partition coefficient (Wildman–Crippen LogP) is 5.64. The van der Waals surface area contributed by atoms with E-state index in [4.69, 9.17) is 14.2 Å². The van der Waals surface area contributed by atoms with Gasteiger partial charge in [-0.2, -0.15) is 0 Å². The first-order valence-electron chi connectivity index (χ1n) is 22.0. The molecule has 61 heavy (non-hydrogen) atoms. The third kappa shape index (κ3) is 14.1. The van der Waals surface area contributed by atoms with Gasteiger partial charge in [-0.1, -0.05) is 85.2 Å². The number of ketones is 1. The normalized spacial score (nSPS) is 18.2. The number of nitrogens with zero attached hydrogens (tertiary/aromatic N) is 3. The zero-order valence-corrected chi connectivity index (χ0v) is 39.1. The minimum absolute atomic E-state index is 0.0231. The van der Waals surface area contributed by atoms with Crippen molar-refractivity contribution in [1.29, 1.82) is 0 Å². The number of nitrogens with one attached hydrogen (secondary N) is 2. The molecule has 1 unspecified atom stereocenters. The van der Waals surface area contributed by atoms with E-state index in [1.54, 1.807) is 50.4 Å². The molecular weight excluding hydrogens is 775 g/mol. The molecule has 0 radical (unpaired) electrons. The number of hydrogen-bond acceptors (Lipinski definition) is 9. The number of methoxy groups -OCH3 is 2. The fourth-order valence-corrected chi connectivity index (χ4v) is 8.78. The molecule has 0 aromatic heterocycles. The molecule has 2 N–H and O–H groups in total. The Balaban J connectivity index is 1.79. The topological polar surface area (TPSA) is 147 Å². The molecule has 2 aromatic carbocycles. The van der Waals surface area contributed by atoms with Gasteiger partial charge in [-0.05, 0) is 87.9 Å². The van der Waals surface area contributed by atoms with Gasteiger partial charge in [-0.25, -0.2) is 0 Å². The lowest BCUT2D eigenvalue weighted by Gasteiger charge is -2.41. The third-order valence-corrected chi connectivity index (χ3v) is 12.3. The lowest BCUT2D eigenvalue weighted by Crippen LogP contribution is -2.59. The van der Waals surface area contributed by atoms with Gasteiger partial charge in [-0.3, -0.25) is 28.9 Å². The van der Waals surface area contributed by atoms with Crippen LogP contribution in [0.15, 0.2) is 54.6 Å². The molecule has 3 rings (SSSR count). The number of carbonyl (C=O) groups excluding carboxylic acids is 5. The highest BCUT2D eigenvalue weighted by Gasteiger charge is 2.43. The number of carbonyl (C=O) groups is 5. The van der Waals surface area contributed by atoms with E-state index in [1.165, 1.54) is 6.92 Å². The van der Waals surface area contributed by atoms with Gasteiger partial charge in [0.15, 0.2) is 5.78 Å². The summed E-state index contributed by atoms with van der Waals surface area (Å²) in [5, 5.41) is 6.25. The van der Waals surface area contributed by atoms with Gasteiger partial charge >= 0.3 is 0 Å². The molecule has 1 saturated heterocycles. The summed E-state index contributed by atoms with van der Waals surface area (Å²) in [7, 11) is 8.60. The quantitative estimate of drug-likeness (QED) is 0.128. The highest BCUT2D eigenvalue weighted by molar-refractivity contribution is 5.94. The minimum atomic E-state index is -0.769. The Morgan fingerprint density at radius 1 is 0.836 bits per heavy atom. The maximum Gasteiger partial charge on any atom is 0.245 e. The molecule has 13 heteroatoms. The first kappa shape index (κ1) is 51.0. The summed E-state index contributed by atoms with van der Waals surface area (Å²) in [5.74, 6) is -1.01. The Labute approximate surface area is 365 Å². The molecule has 1 aliphatic heterocycles. The van der Waals surface area contributed by atoms with Crippen molar-refractivity contribution in [3.63, 3.8) is 0 Å². The summed E-state index contributed by atoms with van der Waals surface area (Å²) >= 11 is 0. The Kier molecular flexibility index (Phi) is 20.4. The molecular formula is C48H75N5O8. The van der Waals surface area contributed by atoms with E-state index in [1.807, 2.05) is 95.8 Å². The fourth-order valence-electron chi connectivity index (χ4n) is 8.78. The number of amides is 4. The molecule has 9 atom stereocenters. The zero-order valence-electron chi connectivity index (χ0n) is 39.1. The molecule has 0 saturated carbocycles. The summed E-state index contributed by atoms with van der Waals surface area (Å²) in [6, 6.07) is 14.4. The van der Waals surface area contributed by atoms with Crippen LogP contribution in [0.5, 0.6) is 5.75 Å². The molecule has 1 fully saturated rings. The van der Waals surface area contributed by atoms with Crippen molar-refractivity contribution >= 4 is 29.4 Å². The number of rotatable bonds is 24. The molecule has 0 spiro atoms.